The van der Waals surface area contributed by atoms with Gasteiger partial charge in [-0.25, -0.2) is 0 Å². The van der Waals surface area contributed by atoms with E-state index in [9.17, 15) is 4.79 Å². The van der Waals surface area contributed by atoms with Gasteiger partial charge in [-0.2, -0.15) is 0 Å². The van der Waals surface area contributed by atoms with Crippen molar-refractivity contribution in [2.75, 3.05) is 31.9 Å². The van der Waals surface area contributed by atoms with Gasteiger partial charge >= 0.3 is 0 Å². The topological polar surface area (TPSA) is 63.5 Å². The number of aromatic nitrogens is 3. The summed E-state index contributed by atoms with van der Waals surface area (Å²) in [5.41, 5.74) is 2.32. The van der Waals surface area contributed by atoms with Crippen molar-refractivity contribution in [2.24, 2.45) is 0 Å². The van der Waals surface area contributed by atoms with Gasteiger partial charge in [-0.3, -0.25) is 14.3 Å². The maximum Gasteiger partial charge on any atom is 0.233 e. The summed E-state index contributed by atoms with van der Waals surface area (Å²) >= 11 is 1.47. The molecule has 0 spiro atoms. The number of hydrogen-bond donors (Lipinski definition) is 0. The molecule has 32 heavy (non-hydrogen) atoms. The standard InChI is InChI=1S/C24H35N5O2S/c1-17(2)20-7-9-21(10-8-20)29-16-25-26-24(29)32-15-23(30)28-11-5-6-22(28)14-27-12-18(3)31-19(4)13-27/h7-10,16-19,22H,5-6,11-15H2,1-4H3. The lowest BCUT2D eigenvalue weighted by molar-refractivity contribution is -0.130. The Bertz CT molecular complexity index is 890. The Balaban J connectivity index is 1.35. The van der Waals surface area contributed by atoms with Gasteiger partial charge < -0.3 is 9.64 Å². The molecular formula is C24H35N5O2S. The molecule has 174 valence electrons. The molecule has 2 fully saturated rings. The maximum atomic E-state index is 13.1. The molecule has 4 rings (SSSR count). The van der Waals surface area contributed by atoms with Crippen LogP contribution in [0, 0.1) is 0 Å². The third kappa shape index (κ3) is 5.53. The highest BCUT2D eigenvalue weighted by Crippen LogP contribution is 2.25. The largest absolute Gasteiger partial charge is 0.373 e. The fraction of sp³-hybridized carbons (Fsp3) is 0.625. The van der Waals surface area contributed by atoms with Crippen molar-refractivity contribution in [1.29, 1.82) is 0 Å². The number of carbonyl (C=O) groups excluding carboxylic acids is 1. The van der Waals surface area contributed by atoms with E-state index in [0.29, 0.717) is 17.7 Å². The van der Waals surface area contributed by atoms with E-state index in [4.69, 9.17) is 4.74 Å². The Morgan fingerprint density at radius 1 is 1.19 bits per heavy atom. The summed E-state index contributed by atoms with van der Waals surface area (Å²) in [5, 5.41) is 9.10. The van der Waals surface area contributed by atoms with Crippen LogP contribution in [-0.4, -0.2) is 80.7 Å². The van der Waals surface area contributed by atoms with Gasteiger partial charge in [0.25, 0.3) is 0 Å². The molecule has 3 unspecified atom stereocenters. The lowest BCUT2D eigenvalue weighted by atomic mass is 10.0. The molecular weight excluding hydrogens is 422 g/mol. The van der Waals surface area contributed by atoms with Gasteiger partial charge in [0.1, 0.15) is 6.33 Å². The second-order valence-electron chi connectivity index (χ2n) is 9.38. The molecule has 2 aliphatic rings. The number of hydrogen-bond acceptors (Lipinski definition) is 6. The molecule has 8 heteroatoms. The van der Waals surface area contributed by atoms with E-state index in [1.807, 2.05) is 4.57 Å². The normalized spacial score (nSPS) is 24.4. The highest BCUT2D eigenvalue weighted by atomic mass is 32.2. The second-order valence-corrected chi connectivity index (χ2v) is 10.3. The molecule has 1 aromatic heterocycles. The van der Waals surface area contributed by atoms with Crippen LogP contribution in [0.4, 0.5) is 0 Å². The number of morpholine rings is 1. The van der Waals surface area contributed by atoms with E-state index in [-0.39, 0.29) is 18.1 Å². The quantitative estimate of drug-likeness (QED) is 0.592. The Morgan fingerprint density at radius 3 is 2.59 bits per heavy atom. The summed E-state index contributed by atoms with van der Waals surface area (Å²) in [6, 6.07) is 8.75. The van der Waals surface area contributed by atoms with Gasteiger partial charge in [0, 0.05) is 37.9 Å². The Morgan fingerprint density at radius 2 is 1.91 bits per heavy atom. The summed E-state index contributed by atoms with van der Waals surface area (Å²) in [7, 11) is 0. The third-order valence-electron chi connectivity index (χ3n) is 6.34. The van der Waals surface area contributed by atoms with E-state index >= 15 is 0 Å². The van der Waals surface area contributed by atoms with Crippen molar-refractivity contribution in [3.05, 3.63) is 36.2 Å². The molecule has 2 saturated heterocycles. The van der Waals surface area contributed by atoms with Gasteiger partial charge in [0.2, 0.25) is 5.91 Å². The van der Waals surface area contributed by atoms with Crippen LogP contribution < -0.4 is 0 Å². The predicted molar refractivity (Wildman–Crippen MR) is 127 cm³/mol. The molecule has 3 atom stereocenters. The van der Waals surface area contributed by atoms with Crippen molar-refractivity contribution >= 4 is 17.7 Å². The molecule has 0 radical (unpaired) electrons. The summed E-state index contributed by atoms with van der Waals surface area (Å²) in [4.78, 5) is 17.6. The van der Waals surface area contributed by atoms with Crippen molar-refractivity contribution in [1.82, 2.24) is 24.6 Å². The van der Waals surface area contributed by atoms with Gasteiger partial charge in [0.05, 0.1) is 18.0 Å². The predicted octanol–water partition coefficient (Wildman–Crippen LogP) is 3.58. The van der Waals surface area contributed by atoms with E-state index in [1.54, 1.807) is 6.33 Å². The SMILES string of the molecule is CC1CN(CC2CCCN2C(=O)CSc2nncn2-c2ccc(C(C)C)cc2)CC(C)O1. The Hall–Kier alpha value is -1.90. The average Bonchev–Trinajstić information content (AvgIpc) is 3.41. The smallest absolute Gasteiger partial charge is 0.233 e. The van der Waals surface area contributed by atoms with E-state index in [0.717, 1.165) is 49.9 Å². The molecule has 0 saturated carbocycles. The first-order valence-electron chi connectivity index (χ1n) is 11.7. The highest BCUT2D eigenvalue weighted by Gasteiger charge is 2.32. The van der Waals surface area contributed by atoms with Crippen LogP contribution in [0.5, 0.6) is 0 Å². The molecule has 0 aliphatic carbocycles. The lowest BCUT2D eigenvalue weighted by Gasteiger charge is -2.38. The van der Waals surface area contributed by atoms with Crippen LogP contribution in [0.15, 0.2) is 35.7 Å². The van der Waals surface area contributed by atoms with Gasteiger partial charge in [-0.05, 0) is 50.3 Å². The summed E-state index contributed by atoms with van der Waals surface area (Å²) in [5.74, 6) is 1.07. The van der Waals surface area contributed by atoms with Crippen LogP contribution in [0.1, 0.15) is 52.0 Å². The summed E-state index contributed by atoms with van der Waals surface area (Å²) in [6.07, 6.45) is 4.38. The average molecular weight is 458 g/mol. The number of carbonyl (C=O) groups is 1. The monoisotopic (exact) mass is 457 g/mol. The summed E-state index contributed by atoms with van der Waals surface area (Å²) < 4.78 is 7.82. The fourth-order valence-electron chi connectivity index (χ4n) is 4.81. The minimum absolute atomic E-state index is 0.191. The molecule has 0 bridgehead atoms. The Labute approximate surface area is 195 Å². The molecule has 2 aliphatic heterocycles. The van der Waals surface area contributed by atoms with Crippen molar-refractivity contribution < 1.29 is 9.53 Å². The van der Waals surface area contributed by atoms with E-state index in [1.165, 1.54) is 17.3 Å². The minimum atomic E-state index is 0.191. The Kier molecular flexibility index (Phi) is 7.53. The number of ether oxygens (including phenoxy) is 1. The van der Waals surface area contributed by atoms with Crippen LogP contribution in [0.2, 0.25) is 0 Å². The first-order valence-corrected chi connectivity index (χ1v) is 12.7. The molecule has 1 amide bonds. The number of amides is 1. The van der Waals surface area contributed by atoms with Crippen LogP contribution >= 0.6 is 11.8 Å². The van der Waals surface area contributed by atoms with E-state index in [2.05, 4.69) is 72.0 Å². The number of thioether (sulfide) groups is 1. The molecule has 0 N–H and O–H groups in total. The number of rotatable bonds is 7. The zero-order valence-corrected chi connectivity index (χ0v) is 20.4. The van der Waals surface area contributed by atoms with Crippen LogP contribution in [-0.2, 0) is 9.53 Å². The van der Waals surface area contributed by atoms with Gasteiger partial charge in [0.15, 0.2) is 5.16 Å². The van der Waals surface area contributed by atoms with Crippen molar-refractivity contribution in [2.45, 2.75) is 69.9 Å². The van der Waals surface area contributed by atoms with Crippen molar-refractivity contribution in [3.63, 3.8) is 0 Å². The van der Waals surface area contributed by atoms with E-state index < -0.39 is 0 Å². The van der Waals surface area contributed by atoms with Gasteiger partial charge in [-0.1, -0.05) is 37.7 Å². The number of likely N-dealkylation sites (tertiary alicyclic amines) is 1. The van der Waals surface area contributed by atoms with Crippen LogP contribution in [0.25, 0.3) is 5.69 Å². The highest BCUT2D eigenvalue weighted by molar-refractivity contribution is 7.99. The number of benzene rings is 1. The first-order chi connectivity index (χ1) is 15.4. The minimum Gasteiger partial charge on any atom is -0.373 e. The molecule has 1 aromatic carbocycles. The van der Waals surface area contributed by atoms with Crippen molar-refractivity contribution in [3.8, 4) is 5.69 Å². The zero-order chi connectivity index (χ0) is 22.7. The lowest BCUT2D eigenvalue weighted by Crippen LogP contribution is -2.51. The van der Waals surface area contributed by atoms with Crippen LogP contribution in [0.3, 0.4) is 0 Å². The first kappa shape index (κ1) is 23.3. The molecule has 3 heterocycles. The molecule has 7 nitrogen and oxygen atoms in total. The van der Waals surface area contributed by atoms with Gasteiger partial charge in [-0.15, -0.1) is 10.2 Å². The zero-order valence-electron chi connectivity index (χ0n) is 19.6. The maximum absolute atomic E-state index is 13.1. The summed E-state index contributed by atoms with van der Waals surface area (Å²) in [6.45, 7) is 12.3. The molecule has 2 aromatic rings. The number of nitrogens with zero attached hydrogens (tertiary/aromatic N) is 5. The second kappa shape index (κ2) is 10.4. The fourth-order valence-corrected chi connectivity index (χ4v) is 5.63. The third-order valence-corrected chi connectivity index (χ3v) is 7.27.